The normalized spacial score (nSPS) is 17.6. The van der Waals surface area contributed by atoms with Crippen molar-refractivity contribution in [3.63, 3.8) is 0 Å². The van der Waals surface area contributed by atoms with Crippen molar-refractivity contribution >= 4 is 11.6 Å². The van der Waals surface area contributed by atoms with Gasteiger partial charge in [-0.05, 0) is 50.3 Å². The summed E-state index contributed by atoms with van der Waals surface area (Å²) in [6, 6.07) is 7.16. The van der Waals surface area contributed by atoms with Crippen molar-refractivity contribution in [3.05, 3.63) is 48.0 Å². The number of aryl methyl sites for hydroxylation is 2. The van der Waals surface area contributed by atoms with Gasteiger partial charge in [0.25, 0.3) is 0 Å². The van der Waals surface area contributed by atoms with E-state index in [1.165, 1.54) is 11.8 Å². The van der Waals surface area contributed by atoms with Crippen LogP contribution >= 0.6 is 0 Å². The number of hydrogen-bond acceptors (Lipinski definition) is 3. The van der Waals surface area contributed by atoms with Crippen LogP contribution in [0.1, 0.15) is 31.7 Å². The Balaban J connectivity index is 1.50. The molecule has 2 N–H and O–H groups in total. The van der Waals surface area contributed by atoms with Gasteiger partial charge in [-0.1, -0.05) is 12.1 Å². The number of anilines is 1. The molecule has 1 aliphatic heterocycles. The molecular weight excluding hydrogens is 355 g/mol. The summed E-state index contributed by atoms with van der Waals surface area (Å²) in [5.74, 6) is 0.686. The van der Waals surface area contributed by atoms with Gasteiger partial charge < -0.3 is 15.5 Å². The molecule has 1 atom stereocenters. The summed E-state index contributed by atoms with van der Waals surface area (Å²) >= 11 is 0. The van der Waals surface area contributed by atoms with E-state index in [4.69, 9.17) is 4.99 Å². The van der Waals surface area contributed by atoms with Crippen molar-refractivity contribution in [2.75, 3.05) is 31.1 Å². The highest BCUT2D eigenvalue weighted by atomic mass is 19.1. The van der Waals surface area contributed by atoms with Crippen molar-refractivity contribution in [3.8, 4) is 0 Å². The average Bonchev–Trinajstić information content (AvgIpc) is 3.12. The van der Waals surface area contributed by atoms with Gasteiger partial charge in [0.15, 0.2) is 5.96 Å². The van der Waals surface area contributed by atoms with Gasteiger partial charge in [-0.3, -0.25) is 9.67 Å². The number of halogens is 1. The fourth-order valence-electron chi connectivity index (χ4n) is 3.58. The molecule has 7 heteroatoms. The van der Waals surface area contributed by atoms with E-state index in [1.54, 1.807) is 12.1 Å². The summed E-state index contributed by atoms with van der Waals surface area (Å²) in [5.41, 5.74) is 2.19. The van der Waals surface area contributed by atoms with Gasteiger partial charge in [-0.25, -0.2) is 4.39 Å². The summed E-state index contributed by atoms with van der Waals surface area (Å²) in [4.78, 5) is 7.09. The number of rotatable bonds is 7. The number of aliphatic imine (C=N–C) groups is 1. The summed E-state index contributed by atoms with van der Waals surface area (Å²) < 4.78 is 15.1. The second kappa shape index (κ2) is 10.1. The molecule has 152 valence electrons. The zero-order chi connectivity index (χ0) is 19.8. The number of aromatic nitrogens is 2. The molecule has 1 fully saturated rings. The van der Waals surface area contributed by atoms with Crippen LogP contribution in [0, 0.1) is 5.82 Å². The van der Waals surface area contributed by atoms with Gasteiger partial charge >= 0.3 is 0 Å². The molecule has 1 saturated heterocycles. The van der Waals surface area contributed by atoms with Crippen LogP contribution in [0.3, 0.4) is 0 Å². The van der Waals surface area contributed by atoms with E-state index in [0.29, 0.717) is 12.6 Å². The molecule has 2 heterocycles. The smallest absolute Gasteiger partial charge is 0.191 e. The fourth-order valence-corrected chi connectivity index (χ4v) is 3.58. The highest BCUT2D eigenvalue weighted by Gasteiger charge is 2.21. The monoisotopic (exact) mass is 386 g/mol. The topological polar surface area (TPSA) is 57.5 Å². The Kier molecular flexibility index (Phi) is 7.28. The van der Waals surface area contributed by atoms with Crippen LogP contribution in [-0.4, -0.2) is 48.0 Å². The first-order valence-electron chi connectivity index (χ1n) is 10.2. The fraction of sp³-hybridized carbons (Fsp3) is 0.524. The minimum atomic E-state index is -0.175. The molecule has 3 rings (SSSR count). The molecule has 1 aromatic carbocycles. The molecular formula is C21H31FN6. The summed E-state index contributed by atoms with van der Waals surface area (Å²) in [6.07, 6.45) is 7.99. The number of hydrogen-bond donors (Lipinski definition) is 2. The Morgan fingerprint density at radius 3 is 3.04 bits per heavy atom. The zero-order valence-electron chi connectivity index (χ0n) is 16.9. The molecule has 1 unspecified atom stereocenters. The van der Waals surface area contributed by atoms with Gasteiger partial charge in [0, 0.05) is 45.5 Å². The largest absolute Gasteiger partial charge is 0.367 e. The predicted molar refractivity (Wildman–Crippen MR) is 112 cm³/mol. The van der Waals surface area contributed by atoms with Crippen LogP contribution in [0.4, 0.5) is 10.1 Å². The Bertz CT molecular complexity index is 772. The highest BCUT2D eigenvalue weighted by molar-refractivity contribution is 5.80. The van der Waals surface area contributed by atoms with E-state index in [1.807, 2.05) is 24.0 Å². The van der Waals surface area contributed by atoms with Crippen LogP contribution in [0.25, 0.3) is 0 Å². The lowest BCUT2D eigenvalue weighted by Gasteiger charge is -2.34. The lowest BCUT2D eigenvalue weighted by atomic mass is 10.1. The SMILES string of the molecule is CCNC(=NCCCc1cccc(F)c1)NC1CCCN(c2cnn(C)c2)C1. The second-order valence-electron chi connectivity index (χ2n) is 7.30. The van der Waals surface area contributed by atoms with E-state index >= 15 is 0 Å². The number of benzene rings is 1. The molecule has 2 aromatic rings. The molecule has 6 nitrogen and oxygen atoms in total. The number of nitrogens with zero attached hydrogens (tertiary/aromatic N) is 4. The molecule has 28 heavy (non-hydrogen) atoms. The van der Waals surface area contributed by atoms with Gasteiger partial charge in [-0.2, -0.15) is 5.10 Å². The number of nitrogens with one attached hydrogen (secondary N) is 2. The molecule has 0 amide bonds. The highest BCUT2D eigenvalue weighted by Crippen LogP contribution is 2.19. The van der Waals surface area contributed by atoms with Crippen molar-refractivity contribution < 1.29 is 4.39 Å². The Morgan fingerprint density at radius 1 is 1.39 bits per heavy atom. The van der Waals surface area contributed by atoms with Gasteiger partial charge in [-0.15, -0.1) is 0 Å². The maximum atomic E-state index is 13.3. The van der Waals surface area contributed by atoms with Crippen molar-refractivity contribution in [2.45, 2.75) is 38.6 Å². The first-order chi connectivity index (χ1) is 13.6. The first-order valence-corrected chi connectivity index (χ1v) is 10.2. The first kappa shape index (κ1) is 20.2. The molecule has 0 radical (unpaired) electrons. The van der Waals surface area contributed by atoms with E-state index in [0.717, 1.165) is 56.8 Å². The van der Waals surface area contributed by atoms with Crippen molar-refractivity contribution in [2.24, 2.45) is 12.0 Å². The summed E-state index contributed by atoms with van der Waals surface area (Å²) in [6.45, 7) is 5.62. The van der Waals surface area contributed by atoms with Crippen LogP contribution in [0.5, 0.6) is 0 Å². The minimum absolute atomic E-state index is 0.175. The molecule has 0 aliphatic carbocycles. The third-order valence-corrected chi connectivity index (χ3v) is 4.95. The van der Waals surface area contributed by atoms with Crippen LogP contribution in [0.2, 0.25) is 0 Å². The van der Waals surface area contributed by atoms with E-state index in [9.17, 15) is 4.39 Å². The Labute approximate surface area is 166 Å². The van der Waals surface area contributed by atoms with Crippen molar-refractivity contribution in [1.29, 1.82) is 0 Å². The zero-order valence-corrected chi connectivity index (χ0v) is 16.9. The van der Waals surface area contributed by atoms with Gasteiger partial charge in [0.1, 0.15) is 5.82 Å². The Morgan fingerprint density at radius 2 is 2.29 bits per heavy atom. The standard InChI is InChI=1S/C21H31FN6/c1-3-23-21(24-11-5-8-17-7-4-9-18(22)13-17)26-19-10-6-12-28(15-19)20-14-25-27(2)16-20/h4,7,9,13-14,16,19H,3,5-6,8,10-12,15H2,1-2H3,(H2,23,24,26). The summed E-state index contributed by atoms with van der Waals surface area (Å²) in [5, 5.41) is 11.2. The van der Waals surface area contributed by atoms with Crippen LogP contribution in [0.15, 0.2) is 41.7 Å². The number of guanidine groups is 1. The molecule has 0 spiro atoms. The molecule has 0 bridgehead atoms. The lowest BCUT2D eigenvalue weighted by Crippen LogP contribution is -2.51. The van der Waals surface area contributed by atoms with Crippen LogP contribution in [-0.2, 0) is 13.5 Å². The Hall–Kier alpha value is -2.57. The third kappa shape index (κ3) is 5.97. The molecule has 0 saturated carbocycles. The summed E-state index contributed by atoms with van der Waals surface area (Å²) in [7, 11) is 1.95. The maximum Gasteiger partial charge on any atom is 0.191 e. The maximum absolute atomic E-state index is 13.3. The minimum Gasteiger partial charge on any atom is -0.367 e. The van der Waals surface area contributed by atoms with E-state index in [2.05, 4.69) is 33.8 Å². The average molecular weight is 387 g/mol. The van der Waals surface area contributed by atoms with Crippen molar-refractivity contribution in [1.82, 2.24) is 20.4 Å². The van der Waals surface area contributed by atoms with E-state index < -0.39 is 0 Å². The third-order valence-electron chi connectivity index (χ3n) is 4.95. The van der Waals surface area contributed by atoms with Gasteiger partial charge in [0.05, 0.1) is 11.9 Å². The molecule has 1 aromatic heterocycles. The van der Waals surface area contributed by atoms with Gasteiger partial charge in [0.2, 0.25) is 0 Å². The van der Waals surface area contributed by atoms with E-state index in [-0.39, 0.29) is 5.82 Å². The van der Waals surface area contributed by atoms with Crippen LogP contribution < -0.4 is 15.5 Å². The predicted octanol–water partition coefficient (Wildman–Crippen LogP) is 2.72. The quantitative estimate of drug-likeness (QED) is 0.436. The molecule has 1 aliphatic rings. The lowest BCUT2D eigenvalue weighted by molar-refractivity contribution is 0.468. The second-order valence-corrected chi connectivity index (χ2v) is 7.30. The number of piperidine rings is 1.